The van der Waals surface area contributed by atoms with E-state index in [0.717, 1.165) is 31.2 Å². The molecule has 0 unspecified atom stereocenters. The summed E-state index contributed by atoms with van der Waals surface area (Å²) in [5.74, 6) is 1.32. The maximum Gasteiger partial charge on any atom is 0.227 e. The second kappa shape index (κ2) is 6.71. The smallest absolute Gasteiger partial charge is 0.227 e. The average molecular weight is 326 g/mol. The third-order valence-electron chi connectivity index (χ3n) is 4.91. The van der Waals surface area contributed by atoms with Crippen LogP contribution in [-0.2, 0) is 11.2 Å². The molecule has 0 N–H and O–H groups in total. The van der Waals surface area contributed by atoms with E-state index < -0.39 is 0 Å². The Labute approximate surface area is 141 Å². The minimum absolute atomic E-state index is 0.244. The summed E-state index contributed by atoms with van der Waals surface area (Å²) in [5, 5.41) is 4.00. The van der Waals surface area contributed by atoms with Gasteiger partial charge in [0.05, 0.1) is 0 Å². The van der Waals surface area contributed by atoms with Gasteiger partial charge in [-0.05, 0) is 37.8 Å². The maximum absolute atomic E-state index is 12.7. The highest BCUT2D eigenvalue weighted by molar-refractivity contribution is 5.77. The fourth-order valence-corrected chi connectivity index (χ4v) is 3.56. The van der Waals surface area contributed by atoms with E-state index in [1.54, 1.807) is 12.4 Å². The SMILES string of the molecule is O=C(CCc1nc(-c2ccncc2)no1)N(C1CCCC1)C1CC1. The van der Waals surface area contributed by atoms with Crippen LogP contribution in [-0.4, -0.2) is 38.0 Å². The van der Waals surface area contributed by atoms with E-state index in [2.05, 4.69) is 20.0 Å². The van der Waals surface area contributed by atoms with Crippen molar-refractivity contribution in [3.05, 3.63) is 30.4 Å². The Balaban J connectivity index is 1.37. The Morgan fingerprint density at radius 2 is 1.83 bits per heavy atom. The third kappa shape index (κ3) is 3.32. The van der Waals surface area contributed by atoms with Crippen molar-refractivity contribution in [2.45, 2.75) is 63.5 Å². The van der Waals surface area contributed by atoms with Crippen LogP contribution in [0.3, 0.4) is 0 Å². The van der Waals surface area contributed by atoms with Gasteiger partial charge in [0.25, 0.3) is 0 Å². The molecular formula is C18H22N4O2. The summed E-state index contributed by atoms with van der Waals surface area (Å²) < 4.78 is 5.30. The molecule has 2 heterocycles. The first-order chi connectivity index (χ1) is 11.8. The molecule has 0 bridgehead atoms. The molecule has 0 spiro atoms. The molecule has 6 heteroatoms. The minimum atomic E-state index is 0.244. The van der Waals surface area contributed by atoms with Crippen LogP contribution in [0, 0.1) is 0 Å². The van der Waals surface area contributed by atoms with Crippen LogP contribution in [0.2, 0.25) is 0 Å². The molecule has 0 saturated heterocycles. The lowest BCUT2D eigenvalue weighted by Gasteiger charge is -2.29. The van der Waals surface area contributed by atoms with Gasteiger partial charge in [-0.1, -0.05) is 18.0 Å². The zero-order valence-electron chi connectivity index (χ0n) is 13.7. The Hall–Kier alpha value is -2.24. The number of aryl methyl sites for hydroxylation is 1. The lowest BCUT2D eigenvalue weighted by Crippen LogP contribution is -2.40. The largest absolute Gasteiger partial charge is 0.339 e. The van der Waals surface area contributed by atoms with E-state index in [4.69, 9.17) is 4.52 Å². The van der Waals surface area contributed by atoms with Crippen LogP contribution >= 0.6 is 0 Å². The molecule has 2 aliphatic carbocycles. The van der Waals surface area contributed by atoms with E-state index in [1.165, 1.54) is 12.8 Å². The van der Waals surface area contributed by atoms with Crippen LogP contribution in [0.4, 0.5) is 0 Å². The molecule has 24 heavy (non-hydrogen) atoms. The molecule has 0 radical (unpaired) electrons. The normalized spacial score (nSPS) is 18.0. The number of amides is 1. The summed E-state index contributed by atoms with van der Waals surface area (Å²) in [6.07, 6.45) is 11.5. The van der Waals surface area contributed by atoms with Gasteiger partial charge in [0.2, 0.25) is 17.6 Å². The van der Waals surface area contributed by atoms with Gasteiger partial charge in [-0.25, -0.2) is 0 Å². The van der Waals surface area contributed by atoms with Crippen molar-refractivity contribution in [2.24, 2.45) is 0 Å². The minimum Gasteiger partial charge on any atom is -0.339 e. The number of carbonyl (C=O) groups is 1. The molecule has 2 saturated carbocycles. The van der Waals surface area contributed by atoms with Crippen molar-refractivity contribution in [2.75, 3.05) is 0 Å². The molecule has 2 aromatic rings. The summed E-state index contributed by atoms with van der Waals surface area (Å²) in [5.41, 5.74) is 0.872. The first-order valence-corrected chi connectivity index (χ1v) is 8.85. The number of carbonyl (C=O) groups excluding carboxylic acids is 1. The van der Waals surface area contributed by atoms with Crippen molar-refractivity contribution in [3.63, 3.8) is 0 Å². The predicted octanol–water partition coefficient (Wildman–Crippen LogP) is 3.00. The second-order valence-electron chi connectivity index (χ2n) is 6.72. The zero-order valence-corrected chi connectivity index (χ0v) is 13.7. The first kappa shape index (κ1) is 15.3. The lowest BCUT2D eigenvalue weighted by molar-refractivity contribution is -0.134. The average Bonchev–Trinajstić information content (AvgIpc) is 3.11. The second-order valence-corrected chi connectivity index (χ2v) is 6.72. The molecule has 2 aromatic heterocycles. The quantitative estimate of drug-likeness (QED) is 0.816. The maximum atomic E-state index is 12.7. The summed E-state index contributed by atoms with van der Waals surface area (Å²) >= 11 is 0. The van der Waals surface area contributed by atoms with E-state index >= 15 is 0 Å². The molecule has 1 amide bonds. The van der Waals surface area contributed by atoms with E-state index in [1.807, 2.05) is 12.1 Å². The molecule has 126 valence electrons. The third-order valence-corrected chi connectivity index (χ3v) is 4.91. The van der Waals surface area contributed by atoms with Gasteiger partial charge in [-0.3, -0.25) is 9.78 Å². The van der Waals surface area contributed by atoms with Gasteiger partial charge in [-0.15, -0.1) is 0 Å². The van der Waals surface area contributed by atoms with Gasteiger partial charge >= 0.3 is 0 Å². The Morgan fingerprint density at radius 1 is 1.12 bits per heavy atom. The van der Waals surface area contributed by atoms with Crippen LogP contribution in [0.15, 0.2) is 29.0 Å². The molecule has 0 aliphatic heterocycles. The monoisotopic (exact) mass is 326 g/mol. The summed E-state index contributed by atoms with van der Waals surface area (Å²) in [7, 11) is 0. The number of hydrogen-bond donors (Lipinski definition) is 0. The molecule has 2 fully saturated rings. The number of aromatic nitrogens is 3. The highest BCUT2D eigenvalue weighted by Crippen LogP contribution is 2.35. The van der Waals surface area contributed by atoms with Crippen molar-refractivity contribution >= 4 is 5.91 Å². The lowest BCUT2D eigenvalue weighted by atomic mass is 10.1. The first-order valence-electron chi connectivity index (χ1n) is 8.85. The summed E-state index contributed by atoms with van der Waals surface area (Å²) in [4.78, 5) is 23.2. The number of pyridine rings is 1. The van der Waals surface area contributed by atoms with E-state index in [9.17, 15) is 4.79 Å². The van der Waals surface area contributed by atoms with Gasteiger partial charge in [-0.2, -0.15) is 4.98 Å². The topological polar surface area (TPSA) is 72.1 Å². The van der Waals surface area contributed by atoms with Gasteiger partial charge in [0.15, 0.2) is 0 Å². The molecule has 6 nitrogen and oxygen atoms in total. The molecule has 0 aromatic carbocycles. The van der Waals surface area contributed by atoms with Gasteiger partial charge < -0.3 is 9.42 Å². The Morgan fingerprint density at radius 3 is 2.54 bits per heavy atom. The van der Waals surface area contributed by atoms with Gasteiger partial charge in [0.1, 0.15) is 0 Å². The van der Waals surface area contributed by atoms with E-state index in [-0.39, 0.29) is 5.91 Å². The van der Waals surface area contributed by atoms with Crippen molar-refractivity contribution < 1.29 is 9.32 Å². The molecule has 2 aliphatic rings. The van der Waals surface area contributed by atoms with E-state index in [0.29, 0.717) is 36.6 Å². The van der Waals surface area contributed by atoms with Crippen LogP contribution in [0.5, 0.6) is 0 Å². The van der Waals surface area contributed by atoms with Crippen molar-refractivity contribution in [3.8, 4) is 11.4 Å². The Kier molecular flexibility index (Phi) is 4.28. The predicted molar refractivity (Wildman–Crippen MR) is 88.0 cm³/mol. The molecular weight excluding hydrogens is 304 g/mol. The highest BCUT2D eigenvalue weighted by atomic mass is 16.5. The highest BCUT2D eigenvalue weighted by Gasteiger charge is 2.38. The zero-order chi connectivity index (χ0) is 16.4. The summed E-state index contributed by atoms with van der Waals surface area (Å²) in [6.45, 7) is 0. The number of nitrogens with zero attached hydrogens (tertiary/aromatic N) is 4. The van der Waals surface area contributed by atoms with Crippen LogP contribution in [0.1, 0.15) is 50.8 Å². The number of rotatable bonds is 6. The Bertz CT molecular complexity index is 690. The fraction of sp³-hybridized carbons (Fsp3) is 0.556. The standard InChI is InChI=1S/C18H22N4O2/c23-17(22(15-5-6-15)14-3-1-2-4-14)8-7-16-20-18(21-24-16)13-9-11-19-12-10-13/h9-12,14-15H,1-8H2. The van der Waals surface area contributed by atoms with Gasteiger partial charge in [0, 0.05) is 42.9 Å². The van der Waals surface area contributed by atoms with Crippen molar-refractivity contribution in [1.29, 1.82) is 0 Å². The molecule has 0 atom stereocenters. The summed E-state index contributed by atoms with van der Waals surface area (Å²) in [6, 6.07) is 4.62. The number of hydrogen-bond acceptors (Lipinski definition) is 5. The van der Waals surface area contributed by atoms with Crippen LogP contribution in [0.25, 0.3) is 11.4 Å². The fourth-order valence-electron chi connectivity index (χ4n) is 3.56. The van der Waals surface area contributed by atoms with Crippen LogP contribution < -0.4 is 0 Å². The molecule has 4 rings (SSSR count). The van der Waals surface area contributed by atoms with Crippen molar-refractivity contribution in [1.82, 2.24) is 20.0 Å².